The van der Waals surface area contributed by atoms with Crippen LogP contribution in [0.2, 0.25) is 10.3 Å². The normalized spacial score (nSPS) is 29.8. The summed E-state index contributed by atoms with van der Waals surface area (Å²) in [6.45, 7) is 4.47. The second kappa shape index (κ2) is 7.16. The van der Waals surface area contributed by atoms with E-state index in [0.29, 0.717) is 12.2 Å². The summed E-state index contributed by atoms with van der Waals surface area (Å²) in [7, 11) is 0. The fraction of sp³-hybridized carbons (Fsp3) is 0.500. The molecule has 3 atom stereocenters. The van der Waals surface area contributed by atoms with Crippen LogP contribution in [-0.4, -0.2) is 27.0 Å². The lowest BCUT2D eigenvalue weighted by Crippen LogP contribution is -2.52. The number of aromatic nitrogens is 2. The number of carbonyl (C=O) groups excluding carboxylic acids is 1. The topological polar surface area (TPSA) is 92.2 Å². The predicted molar refractivity (Wildman–Crippen MR) is 122 cm³/mol. The first-order chi connectivity index (χ1) is 15.1. The monoisotopic (exact) mass is 473 g/mol. The van der Waals surface area contributed by atoms with Crippen LogP contribution in [0.5, 0.6) is 0 Å². The highest BCUT2D eigenvalue weighted by atomic mass is 35.5. The molecule has 1 aliphatic heterocycles. The minimum absolute atomic E-state index is 0.152. The van der Waals surface area contributed by atoms with Crippen molar-refractivity contribution in [2.75, 3.05) is 5.32 Å². The molecule has 3 heterocycles. The quantitative estimate of drug-likeness (QED) is 0.565. The van der Waals surface area contributed by atoms with Crippen LogP contribution >= 0.6 is 23.2 Å². The number of hydrogen-bond donors (Lipinski definition) is 2. The number of anilines is 1. The summed E-state index contributed by atoms with van der Waals surface area (Å²) in [5.41, 5.74) is 0.0470. The molecule has 2 aromatic rings. The zero-order chi connectivity index (χ0) is 22.9. The molecule has 32 heavy (non-hydrogen) atoms. The first-order valence-corrected chi connectivity index (χ1v) is 11.7. The zero-order valence-corrected chi connectivity index (χ0v) is 19.5. The summed E-state index contributed by atoms with van der Waals surface area (Å²) in [6, 6.07) is 7.02. The smallest absolute Gasteiger partial charge is 0.307 e. The maximum Gasteiger partial charge on any atom is 0.307 e. The molecule has 2 N–H and O–H groups in total. The van der Waals surface area contributed by atoms with Crippen LogP contribution in [0.4, 0.5) is 5.82 Å². The van der Waals surface area contributed by atoms with Gasteiger partial charge < -0.3 is 10.4 Å². The van der Waals surface area contributed by atoms with E-state index in [1.807, 2.05) is 6.07 Å². The van der Waals surface area contributed by atoms with E-state index in [1.54, 1.807) is 24.4 Å². The average molecular weight is 474 g/mol. The van der Waals surface area contributed by atoms with Gasteiger partial charge in [0.05, 0.1) is 11.3 Å². The molecule has 0 bridgehead atoms. The number of halogens is 2. The molecular weight excluding hydrogens is 449 g/mol. The number of hydrogen-bond acceptors (Lipinski definition) is 4. The number of amides is 1. The first kappa shape index (κ1) is 21.7. The van der Waals surface area contributed by atoms with Crippen LogP contribution in [0.25, 0.3) is 0 Å². The Morgan fingerprint density at radius 1 is 1.12 bits per heavy atom. The van der Waals surface area contributed by atoms with Crippen LogP contribution in [-0.2, 0) is 15.0 Å². The molecule has 168 valence electrons. The van der Waals surface area contributed by atoms with Gasteiger partial charge in [0, 0.05) is 17.7 Å². The van der Waals surface area contributed by atoms with Gasteiger partial charge in [0.25, 0.3) is 0 Å². The molecule has 2 aromatic heterocycles. The Balaban J connectivity index is 1.81. The lowest BCUT2D eigenvalue weighted by molar-refractivity contribution is -0.142. The maximum atomic E-state index is 14.0. The minimum Gasteiger partial charge on any atom is -0.481 e. The van der Waals surface area contributed by atoms with E-state index in [0.717, 1.165) is 36.8 Å². The van der Waals surface area contributed by atoms with Gasteiger partial charge in [-0.25, -0.2) is 9.97 Å². The molecule has 0 saturated heterocycles. The second-order valence-corrected chi connectivity index (χ2v) is 11.0. The number of nitrogens with zero attached hydrogens (tertiary/aromatic N) is 2. The third-order valence-electron chi connectivity index (χ3n) is 8.18. The van der Waals surface area contributed by atoms with Crippen LogP contribution < -0.4 is 5.32 Å². The van der Waals surface area contributed by atoms with Crippen LogP contribution in [0, 0.1) is 16.7 Å². The van der Waals surface area contributed by atoms with E-state index < -0.39 is 28.6 Å². The Kier molecular flexibility index (Phi) is 4.84. The maximum absolute atomic E-state index is 14.0. The molecule has 2 saturated carbocycles. The van der Waals surface area contributed by atoms with E-state index in [1.165, 1.54) is 0 Å². The van der Waals surface area contributed by atoms with Gasteiger partial charge in [-0.2, -0.15) is 0 Å². The number of rotatable bonds is 2. The fourth-order valence-electron chi connectivity index (χ4n) is 6.67. The number of aliphatic carboxylic acids is 1. The van der Waals surface area contributed by atoms with Gasteiger partial charge in [-0.1, -0.05) is 43.1 Å². The molecule has 1 unspecified atom stereocenters. The van der Waals surface area contributed by atoms with Crippen molar-refractivity contribution in [1.82, 2.24) is 9.97 Å². The second-order valence-electron chi connectivity index (χ2n) is 10.3. The largest absolute Gasteiger partial charge is 0.481 e. The molecular formula is C24H25Cl2N3O3. The number of carbonyl (C=O) groups is 2. The molecule has 0 aromatic carbocycles. The highest BCUT2D eigenvalue weighted by Gasteiger charge is 2.72. The van der Waals surface area contributed by atoms with Crippen molar-refractivity contribution in [3.05, 3.63) is 51.9 Å². The van der Waals surface area contributed by atoms with E-state index in [2.05, 4.69) is 29.1 Å². The van der Waals surface area contributed by atoms with Crippen molar-refractivity contribution >= 4 is 40.9 Å². The number of nitrogens with one attached hydrogen (secondary N) is 1. The van der Waals surface area contributed by atoms with Crippen LogP contribution in [0.3, 0.4) is 0 Å². The highest BCUT2D eigenvalue weighted by molar-refractivity contribution is 6.30. The standard InChI is InChI=1S/C24H25Cl2N3O3/c1-22(2)6-8-23(9-7-22)12-14(20(30)31)18(13-5-10-27-17(26)11-13)24(23)15-3-4-16(25)28-19(15)29-21(24)32/h3-5,10-11,14,18H,6-9,12H2,1-2H3,(H,30,31)(H,28,29,32)/t14-,18+,24?/m1/s1. The fourth-order valence-corrected chi connectivity index (χ4v) is 7.00. The first-order valence-electron chi connectivity index (χ1n) is 10.9. The lowest BCUT2D eigenvalue weighted by Gasteiger charge is -2.50. The zero-order valence-electron chi connectivity index (χ0n) is 18.0. The predicted octanol–water partition coefficient (Wildman–Crippen LogP) is 5.45. The van der Waals surface area contributed by atoms with E-state index in [9.17, 15) is 14.7 Å². The highest BCUT2D eigenvalue weighted by Crippen LogP contribution is 2.71. The van der Waals surface area contributed by atoms with Gasteiger partial charge in [0.1, 0.15) is 16.1 Å². The molecule has 6 nitrogen and oxygen atoms in total. The average Bonchev–Trinajstić information content (AvgIpc) is 3.18. The SMILES string of the molecule is CC1(C)CCC2(CC1)C[C@@H](C(=O)O)[C@H](c1ccnc(Cl)c1)C21C(=O)Nc2nc(Cl)ccc21. The number of fused-ring (bicyclic) bond motifs is 3. The molecule has 2 fully saturated rings. The number of pyridine rings is 2. The van der Waals surface area contributed by atoms with E-state index >= 15 is 0 Å². The summed E-state index contributed by atoms with van der Waals surface area (Å²) in [5, 5.41) is 13.9. The van der Waals surface area contributed by atoms with Crippen molar-refractivity contribution in [2.24, 2.45) is 16.7 Å². The van der Waals surface area contributed by atoms with Crippen molar-refractivity contribution in [2.45, 2.75) is 57.3 Å². The van der Waals surface area contributed by atoms with Gasteiger partial charge in [-0.05, 0) is 66.7 Å². The Bertz CT molecular complexity index is 1130. The summed E-state index contributed by atoms with van der Waals surface area (Å²) >= 11 is 12.4. The van der Waals surface area contributed by atoms with Crippen molar-refractivity contribution < 1.29 is 14.7 Å². The van der Waals surface area contributed by atoms with Crippen molar-refractivity contribution in [3.8, 4) is 0 Å². The Hall–Kier alpha value is -2.18. The summed E-state index contributed by atoms with van der Waals surface area (Å²) in [4.78, 5) is 35.1. The number of carboxylic acid groups (broad SMARTS) is 1. The van der Waals surface area contributed by atoms with Gasteiger partial charge >= 0.3 is 5.97 Å². The molecule has 3 aliphatic rings. The molecule has 2 spiro atoms. The van der Waals surface area contributed by atoms with E-state index in [-0.39, 0.29) is 21.6 Å². The van der Waals surface area contributed by atoms with Gasteiger partial charge in [-0.15, -0.1) is 0 Å². The Morgan fingerprint density at radius 3 is 2.50 bits per heavy atom. The van der Waals surface area contributed by atoms with E-state index in [4.69, 9.17) is 23.2 Å². The lowest BCUT2D eigenvalue weighted by atomic mass is 9.51. The van der Waals surface area contributed by atoms with Gasteiger partial charge in [-0.3, -0.25) is 9.59 Å². The van der Waals surface area contributed by atoms with Crippen LogP contribution in [0.1, 0.15) is 63.0 Å². The van der Waals surface area contributed by atoms with Gasteiger partial charge in [0.2, 0.25) is 5.91 Å². The van der Waals surface area contributed by atoms with Crippen molar-refractivity contribution in [3.63, 3.8) is 0 Å². The molecule has 1 amide bonds. The third kappa shape index (κ3) is 2.92. The Morgan fingerprint density at radius 2 is 1.84 bits per heavy atom. The summed E-state index contributed by atoms with van der Waals surface area (Å²) < 4.78 is 0. The molecule has 0 radical (unpaired) electrons. The summed E-state index contributed by atoms with van der Waals surface area (Å²) in [5.74, 6) is -1.98. The number of carboxylic acids is 1. The minimum atomic E-state index is -1.07. The van der Waals surface area contributed by atoms with Gasteiger partial charge in [0.15, 0.2) is 0 Å². The van der Waals surface area contributed by atoms with Crippen LogP contribution in [0.15, 0.2) is 30.5 Å². The van der Waals surface area contributed by atoms with Crippen molar-refractivity contribution in [1.29, 1.82) is 0 Å². The third-order valence-corrected chi connectivity index (χ3v) is 8.60. The summed E-state index contributed by atoms with van der Waals surface area (Å²) in [6.07, 6.45) is 5.40. The Labute approximate surface area is 196 Å². The molecule has 8 heteroatoms. The molecule has 2 aliphatic carbocycles. The molecule has 5 rings (SSSR count).